The summed E-state index contributed by atoms with van der Waals surface area (Å²) >= 11 is 1.20. The van der Waals surface area contributed by atoms with Crippen molar-refractivity contribution in [1.29, 1.82) is 0 Å². The van der Waals surface area contributed by atoms with Crippen LogP contribution < -0.4 is 14.8 Å². The van der Waals surface area contributed by atoms with E-state index in [1.165, 1.54) is 47.9 Å². The van der Waals surface area contributed by atoms with Crippen molar-refractivity contribution in [3.8, 4) is 5.75 Å². The van der Waals surface area contributed by atoms with Gasteiger partial charge in [0.25, 0.3) is 0 Å². The van der Waals surface area contributed by atoms with Crippen molar-refractivity contribution in [2.45, 2.75) is 44.4 Å². The molecule has 1 aliphatic carbocycles. The van der Waals surface area contributed by atoms with Crippen LogP contribution in [-0.4, -0.2) is 25.3 Å². The van der Waals surface area contributed by atoms with E-state index in [1.54, 1.807) is 7.11 Å². The third kappa shape index (κ3) is 4.36. The largest absolute Gasteiger partial charge is 0.496 e. The molecule has 5 heteroatoms. The highest BCUT2D eigenvalue weighted by Crippen LogP contribution is 2.38. The summed E-state index contributed by atoms with van der Waals surface area (Å²) in [7, 11) is 1.77. The van der Waals surface area contributed by atoms with Gasteiger partial charge in [-0.1, -0.05) is 24.3 Å². The highest BCUT2D eigenvalue weighted by atomic mass is 32.2. The van der Waals surface area contributed by atoms with E-state index < -0.39 is 0 Å². The quantitative estimate of drug-likeness (QED) is 0.534. The Kier molecular flexibility index (Phi) is 6.23. The molecule has 0 saturated carbocycles. The second-order valence-electron chi connectivity index (χ2n) is 7.65. The molecule has 148 valence electrons. The summed E-state index contributed by atoms with van der Waals surface area (Å²) in [5.74, 6) is 1.69. The number of hydrogen-bond donors (Lipinski definition) is 2. The fourth-order valence-corrected chi connectivity index (χ4v) is 5.01. The first-order chi connectivity index (χ1) is 13.7. The minimum Gasteiger partial charge on any atom is -0.496 e. The second-order valence-corrected chi connectivity index (χ2v) is 8.51. The molecular weight excluding hydrogens is 368 g/mol. The van der Waals surface area contributed by atoms with Crippen LogP contribution >= 0.6 is 11.9 Å². The third-order valence-electron chi connectivity index (χ3n) is 5.85. The molecule has 0 radical (unpaired) electrons. The maximum absolute atomic E-state index is 11.5. The predicted molar refractivity (Wildman–Crippen MR) is 116 cm³/mol. The zero-order chi connectivity index (χ0) is 19.3. The summed E-state index contributed by atoms with van der Waals surface area (Å²) in [4.78, 5) is 11.5. The number of ether oxygens (including phenoxy) is 1. The van der Waals surface area contributed by atoms with E-state index in [0.717, 1.165) is 42.9 Å². The van der Waals surface area contributed by atoms with Gasteiger partial charge in [0.15, 0.2) is 0 Å². The molecular formula is C23H28N2O2S. The van der Waals surface area contributed by atoms with Crippen LogP contribution in [0.15, 0.2) is 36.4 Å². The summed E-state index contributed by atoms with van der Waals surface area (Å²) in [6.45, 7) is 2.01. The van der Waals surface area contributed by atoms with Gasteiger partial charge in [-0.05, 0) is 85.5 Å². The van der Waals surface area contributed by atoms with Gasteiger partial charge in [-0.25, -0.2) is 0 Å². The molecule has 0 spiro atoms. The molecule has 2 aromatic carbocycles. The minimum atomic E-state index is 0.184. The van der Waals surface area contributed by atoms with Crippen LogP contribution in [0.3, 0.4) is 0 Å². The number of rotatable bonds is 7. The Hall–Kier alpha value is -1.98. The first kappa shape index (κ1) is 19.3. The van der Waals surface area contributed by atoms with Gasteiger partial charge >= 0.3 is 0 Å². The number of benzene rings is 2. The number of carbonyl (C=O) groups excluding carboxylic acids is 1. The zero-order valence-electron chi connectivity index (χ0n) is 16.4. The molecule has 2 N–H and O–H groups in total. The number of methoxy groups -OCH3 is 1. The molecule has 0 aromatic heterocycles. The molecule has 2 aromatic rings. The molecule has 1 atom stereocenters. The van der Waals surface area contributed by atoms with Crippen LogP contribution in [-0.2, 0) is 24.1 Å². The molecule has 0 amide bonds. The summed E-state index contributed by atoms with van der Waals surface area (Å²) < 4.78 is 8.71. The van der Waals surface area contributed by atoms with Gasteiger partial charge in [0, 0.05) is 24.1 Å². The summed E-state index contributed by atoms with van der Waals surface area (Å²) in [5.41, 5.74) is 6.41. The van der Waals surface area contributed by atoms with E-state index >= 15 is 0 Å². The summed E-state index contributed by atoms with van der Waals surface area (Å²) in [5, 5.41) is 3.80. The fraction of sp³-hybridized carbons (Fsp3) is 0.435. The molecule has 1 heterocycles. The van der Waals surface area contributed by atoms with Gasteiger partial charge < -0.3 is 14.8 Å². The molecule has 28 heavy (non-hydrogen) atoms. The lowest BCUT2D eigenvalue weighted by Crippen LogP contribution is -2.22. The summed E-state index contributed by atoms with van der Waals surface area (Å²) in [6, 6.07) is 12.9. The number of fused-ring (bicyclic) bond motifs is 2. The van der Waals surface area contributed by atoms with E-state index in [2.05, 4.69) is 46.4 Å². The van der Waals surface area contributed by atoms with E-state index in [1.807, 2.05) is 0 Å². The van der Waals surface area contributed by atoms with Crippen LogP contribution in [0.4, 0.5) is 5.69 Å². The smallest absolute Gasteiger partial charge is 0.213 e. The fourth-order valence-electron chi connectivity index (χ4n) is 4.37. The van der Waals surface area contributed by atoms with Crippen LogP contribution in [0, 0.1) is 0 Å². The normalized spacial score (nSPS) is 18.2. The number of nitrogens with one attached hydrogen (secondary N) is 2. The zero-order valence-corrected chi connectivity index (χ0v) is 17.2. The highest BCUT2D eigenvalue weighted by molar-refractivity contribution is 8.14. The number of hydrogen-bond acceptors (Lipinski definition) is 5. The Balaban J connectivity index is 1.26. The van der Waals surface area contributed by atoms with E-state index in [0.29, 0.717) is 12.3 Å². The standard InChI is InChI=1S/C23H28N2O2S/c1-27-22-7-3-5-19-17(4-2-6-20(19)22)11-13-24-12-10-16-8-9-18-15-23(26)28-25-21(18)14-16/h3,5,7-9,14,17,24-25H,2,4,6,10-13,15H2,1H3. The van der Waals surface area contributed by atoms with Gasteiger partial charge in [-0.15, -0.1) is 0 Å². The molecule has 0 fully saturated rings. The highest BCUT2D eigenvalue weighted by Gasteiger charge is 2.22. The molecule has 0 bridgehead atoms. The van der Waals surface area contributed by atoms with Crippen LogP contribution in [0.25, 0.3) is 0 Å². The SMILES string of the molecule is COc1cccc2c1CCCC2CCNCCc1ccc2c(c1)NSC(=O)C2. The van der Waals surface area contributed by atoms with Crippen molar-refractivity contribution in [3.05, 3.63) is 58.7 Å². The van der Waals surface area contributed by atoms with Crippen LogP contribution in [0.2, 0.25) is 0 Å². The molecule has 1 unspecified atom stereocenters. The Morgan fingerprint density at radius 3 is 3.07 bits per heavy atom. The third-order valence-corrected chi connectivity index (χ3v) is 6.55. The van der Waals surface area contributed by atoms with Crippen molar-refractivity contribution in [1.82, 2.24) is 5.32 Å². The molecule has 1 aliphatic heterocycles. The Bertz CT molecular complexity index is 852. The van der Waals surface area contributed by atoms with Crippen molar-refractivity contribution >= 4 is 22.8 Å². The van der Waals surface area contributed by atoms with E-state index in [9.17, 15) is 4.79 Å². The van der Waals surface area contributed by atoms with Crippen molar-refractivity contribution < 1.29 is 9.53 Å². The Morgan fingerprint density at radius 1 is 1.25 bits per heavy atom. The van der Waals surface area contributed by atoms with E-state index in [4.69, 9.17) is 4.74 Å². The predicted octanol–water partition coefficient (Wildman–Crippen LogP) is 4.48. The van der Waals surface area contributed by atoms with Crippen LogP contribution in [0.1, 0.15) is 47.4 Å². The van der Waals surface area contributed by atoms with Gasteiger partial charge in [-0.2, -0.15) is 0 Å². The van der Waals surface area contributed by atoms with Crippen molar-refractivity contribution in [3.63, 3.8) is 0 Å². The lowest BCUT2D eigenvalue weighted by atomic mass is 9.80. The maximum atomic E-state index is 11.5. The van der Waals surface area contributed by atoms with Crippen LogP contribution in [0.5, 0.6) is 5.75 Å². The van der Waals surface area contributed by atoms with Gasteiger partial charge in [0.2, 0.25) is 5.12 Å². The first-order valence-corrected chi connectivity index (χ1v) is 11.0. The molecule has 4 nitrogen and oxygen atoms in total. The Morgan fingerprint density at radius 2 is 2.18 bits per heavy atom. The topological polar surface area (TPSA) is 50.4 Å². The van der Waals surface area contributed by atoms with E-state index in [-0.39, 0.29) is 5.12 Å². The van der Waals surface area contributed by atoms with Crippen molar-refractivity contribution in [2.75, 3.05) is 24.9 Å². The van der Waals surface area contributed by atoms with Gasteiger partial charge in [0.1, 0.15) is 5.75 Å². The minimum absolute atomic E-state index is 0.184. The first-order valence-electron chi connectivity index (χ1n) is 10.2. The number of carbonyl (C=O) groups is 1. The number of anilines is 1. The lowest BCUT2D eigenvalue weighted by Gasteiger charge is -2.27. The average molecular weight is 397 g/mol. The average Bonchev–Trinajstić information content (AvgIpc) is 2.73. The maximum Gasteiger partial charge on any atom is 0.213 e. The van der Waals surface area contributed by atoms with Gasteiger partial charge in [-0.3, -0.25) is 4.79 Å². The van der Waals surface area contributed by atoms with Crippen molar-refractivity contribution in [2.24, 2.45) is 0 Å². The second kappa shape index (κ2) is 9.01. The molecule has 0 saturated heterocycles. The molecule has 4 rings (SSSR count). The Labute approximate surface area is 171 Å². The monoisotopic (exact) mass is 396 g/mol. The lowest BCUT2D eigenvalue weighted by molar-refractivity contribution is -0.110. The van der Waals surface area contributed by atoms with Gasteiger partial charge in [0.05, 0.1) is 7.11 Å². The summed E-state index contributed by atoms with van der Waals surface area (Å²) in [6.07, 6.45) is 6.36. The molecule has 2 aliphatic rings.